The maximum atomic E-state index is 11.2. The highest BCUT2D eigenvalue weighted by Gasteiger charge is 2.07. The zero-order valence-corrected chi connectivity index (χ0v) is 9.28. The number of para-hydroxylation sites is 1. The molecular weight excluding hydrogens is 277 g/mol. The van der Waals surface area contributed by atoms with Crippen molar-refractivity contribution < 1.29 is 4.79 Å². The van der Waals surface area contributed by atoms with Crippen molar-refractivity contribution in [2.75, 3.05) is 0 Å². The monoisotopic (exact) mass is 285 g/mol. The molecule has 0 aliphatic carbocycles. The number of carbonyl (C=O) groups excluding carboxylic acids is 1. The van der Waals surface area contributed by atoms with E-state index in [9.17, 15) is 4.79 Å². The van der Waals surface area contributed by atoms with Gasteiger partial charge < -0.3 is 0 Å². The van der Waals surface area contributed by atoms with Crippen LogP contribution in [-0.2, 0) is 0 Å². The normalized spacial score (nSPS) is 10.6. The quantitative estimate of drug-likeness (QED) is 0.682. The lowest BCUT2D eigenvalue weighted by molar-refractivity contribution is 0.0941. The van der Waals surface area contributed by atoms with Gasteiger partial charge in [-0.25, -0.2) is 0 Å². The van der Waals surface area contributed by atoms with Crippen LogP contribution >= 0.6 is 22.6 Å². The van der Waals surface area contributed by atoms with Gasteiger partial charge in [0.25, 0.3) is 0 Å². The standard InChI is InChI=1S/C10H8INO/c1-7(13)12-6-9(11)8-4-2-3-5-10(8)12/h2-6H,1H3. The van der Waals surface area contributed by atoms with Crippen molar-refractivity contribution in [3.8, 4) is 0 Å². The lowest BCUT2D eigenvalue weighted by Crippen LogP contribution is -2.02. The molecule has 1 heterocycles. The third kappa shape index (κ3) is 1.37. The number of carbonyl (C=O) groups is 1. The Morgan fingerprint density at radius 1 is 1.38 bits per heavy atom. The van der Waals surface area contributed by atoms with Gasteiger partial charge in [0, 0.05) is 22.1 Å². The molecule has 1 aromatic heterocycles. The van der Waals surface area contributed by atoms with Crippen LogP contribution in [0.4, 0.5) is 0 Å². The van der Waals surface area contributed by atoms with Crippen molar-refractivity contribution in [3.05, 3.63) is 34.0 Å². The topological polar surface area (TPSA) is 22.0 Å². The second-order valence-corrected chi connectivity index (χ2v) is 4.05. The van der Waals surface area contributed by atoms with E-state index in [1.54, 1.807) is 11.5 Å². The average Bonchev–Trinajstić information content (AvgIpc) is 2.45. The predicted molar refractivity (Wildman–Crippen MR) is 61.0 cm³/mol. The molecule has 0 spiro atoms. The lowest BCUT2D eigenvalue weighted by Gasteiger charge is -1.96. The van der Waals surface area contributed by atoms with Crippen LogP contribution in [0.25, 0.3) is 10.9 Å². The molecular formula is C10H8INO. The van der Waals surface area contributed by atoms with E-state index in [1.807, 2.05) is 30.5 Å². The first-order valence-electron chi connectivity index (χ1n) is 3.96. The van der Waals surface area contributed by atoms with Crippen LogP contribution in [0.1, 0.15) is 11.7 Å². The third-order valence-electron chi connectivity index (χ3n) is 2.00. The summed E-state index contributed by atoms with van der Waals surface area (Å²) in [5.41, 5.74) is 0.986. The smallest absolute Gasteiger partial charge is 0.227 e. The molecule has 0 radical (unpaired) electrons. The van der Waals surface area contributed by atoms with E-state index in [1.165, 1.54) is 0 Å². The molecule has 1 aromatic carbocycles. The van der Waals surface area contributed by atoms with E-state index in [0.717, 1.165) is 14.5 Å². The maximum Gasteiger partial charge on any atom is 0.227 e. The first-order valence-corrected chi connectivity index (χ1v) is 5.04. The zero-order valence-electron chi connectivity index (χ0n) is 7.12. The number of nitrogens with zero attached hydrogens (tertiary/aromatic N) is 1. The Kier molecular flexibility index (Phi) is 2.11. The van der Waals surface area contributed by atoms with Gasteiger partial charge in [-0.15, -0.1) is 0 Å². The van der Waals surface area contributed by atoms with Crippen LogP contribution in [0.5, 0.6) is 0 Å². The molecule has 2 nitrogen and oxygen atoms in total. The Hall–Kier alpha value is -0.840. The van der Waals surface area contributed by atoms with Gasteiger partial charge in [-0.1, -0.05) is 18.2 Å². The SMILES string of the molecule is CC(=O)n1cc(I)c2ccccc21. The predicted octanol–water partition coefficient (Wildman–Crippen LogP) is 2.91. The van der Waals surface area contributed by atoms with Crippen molar-refractivity contribution in [2.45, 2.75) is 6.92 Å². The molecule has 0 aliphatic rings. The summed E-state index contributed by atoms with van der Waals surface area (Å²) in [7, 11) is 0. The van der Waals surface area contributed by atoms with E-state index < -0.39 is 0 Å². The van der Waals surface area contributed by atoms with E-state index in [2.05, 4.69) is 22.6 Å². The van der Waals surface area contributed by atoms with Crippen LogP contribution in [0.15, 0.2) is 30.5 Å². The fourth-order valence-electron chi connectivity index (χ4n) is 1.40. The summed E-state index contributed by atoms with van der Waals surface area (Å²) in [6, 6.07) is 7.91. The molecule has 66 valence electrons. The molecule has 0 N–H and O–H groups in total. The van der Waals surface area contributed by atoms with Crippen LogP contribution in [0.2, 0.25) is 0 Å². The van der Waals surface area contributed by atoms with Crippen molar-refractivity contribution in [1.82, 2.24) is 4.57 Å². The van der Waals surface area contributed by atoms with Gasteiger partial charge in [0.2, 0.25) is 5.91 Å². The molecule has 0 unspecified atom stereocenters. The van der Waals surface area contributed by atoms with E-state index in [-0.39, 0.29) is 5.91 Å². The highest BCUT2D eigenvalue weighted by Crippen LogP contribution is 2.22. The third-order valence-corrected chi connectivity index (χ3v) is 2.86. The molecule has 2 rings (SSSR count). The fraction of sp³-hybridized carbons (Fsp3) is 0.100. The minimum atomic E-state index is 0.0547. The zero-order chi connectivity index (χ0) is 9.42. The summed E-state index contributed by atoms with van der Waals surface area (Å²) >= 11 is 2.24. The van der Waals surface area contributed by atoms with Crippen molar-refractivity contribution in [2.24, 2.45) is 0 Å². The number of benzene rings is 1. The van der Waals surface area contributed by atoms with E-state index >= 15 is 0 Å². The largest absolute Gasteiger partial charge is 0.286 e. The summed E-state index contributed by atoms with van der Waals surface area (Å²) in [5, 5.41) is 1.14. The van der Waals surface area contributed by atoms with Gasteiger partial charge >= 0.3 is 0 Å². The molecule has 0 saturated heterocycles. The minimum absolute atomic E-state index is 0.0547. The van der Waals surface area contributed by atoms with Gasteiger partial charge in [-0.05, 0) is 28.7 Å². The van der Waals surface area contributed by atoms with Gasteiger partial charge in [0.05, 0.1) is 5.52 Å². The minimum Gasteiger partial charge on any atom is -0.286 e. The Bertz CT molecular complexity index is 473. The first kappa shape index (κ1) is 8.74. The van der Waals surface area contributed by atoms with Crippen molar-refractivity contribution in [3.63, 3.8) is 0 Å². The summed E-state index contributed by atoms with van der Waals surface area (Å²) in [6.07, 6.45) is 1.87. The summed E-state index contributed by atoms with van der Waals surface area (Å²) in [4.78, 5) is 11.2. The van der Waals surface area contributed by atoms with E-state index in [0.29, 0.717) is 0 Å². The molecule has 0 bridgehead atoms. The first-order chi connectivity index (χ1) is 6.20. The summed E-state index contributed by atoms with van der Waals surface area (Å²) in [5.74, 6) is 0.0547. The van der Waals surface area contributed by atoms with Crippen molar-refractivity contribution in [1.29, 1.82) is 0 Å². The summed E-state index contributed by atoms with van der Waals surface area (Å²) in [6.45, 7) is 1.57. The highest BCUT2D eigenvalue weighted by molar-refractivity contribution is 14.1. The van der Waals surface area contributed by atoms with Gasteiger partial charge in [-0.3, -0.25) is 9.36 Å². The Balaban J connectivity index is 2.85. The Labute approximate surface area is 89.7 Å². The molecule has 0 amide bonds. The Morgan fingerprint density at radius 3 is 2.77 bits per heavy atom. The summed E-state index contributed by atoms with van der Waals surface area (Å²) < 4.78 is 2.79. The molecule has 0 fully saturated rings. The molecule has 0 aliphatic heterocycles. The van der Waals surface area contributed by atoms with Crippen LogP contribution in [0, 0.1) is 3.57 Å². The molecule has 13 heavy (non-hydrogen) atoms. The van der Waals surface area contributed by atoms with Gasteiger partial charge in [0.1, 0.15) is 0 Å². The highest BCUT2D eigenvalue weighted by atomic mass is 127. The second-order valence-electron chi connectivity index (χ2n) is 2.88. The van der Waals surface area contributed by atoms with Crippen molar-refractivity contribution >= 4 is 39.4 Å². The molecule has 2 aromatic rings. The molecule has 3 heteroatoms. The van der Waals surface area contributed by atoms with Crippen LogP contribution in [-0.4, -0.2) is 10.5 Å². The van der Waals surface area contributed by atoms with Gasteiger partial charge in [-0.2, -0.15) is 0 Å². The van der Waals surface area contributed by atoms with E-state index in [4.69, 9.17) is 0 Å². The maximum absolute atomic E-state index is 11.2. The number of fused-ring (bicyclic) bond motifs is 1. The number of rotatable bonds is 0. The number of aromatic nitrogens is 1. The average molecular weight is 285 g/mol. The fourth-order valence-corrected chi connectivity index (χ4v) is 2.13. The van der Waals surface area contributed by atoms with Gasteiger partial charge in [0.15, 0.2) is 0 Å². The number of hydrogen-bond acceptors (Lipinski definition) is 1. The lowest BCUT2D eigenvalue weighted by atomic mass is 10.2. The number of halogens is 1. The van der Waals surface area contributed by atoms with Crippen LogP contribution < -0.4 is 0 Å². The van der Waals surface area contributed by atoms with Crippen LogP contribution in [0.3, 0.4) is 0 Å². The Morgan fingerprint density at radius 2 is 2.08 bits per heavy atom. The molecule has 0 saturated carbocycles. The molecule has 0 atom stereocenters. The second kappa shape index (κ2) is 3.14. The number of hydrogen-bond donors (Lipinski definition) is 0.